The van der Waals surface area contributed by atoms with E-state index in [2.05, 4.69) is 37.8 Å². The van der Waals surface area contributed by atoms with Crippen LogP contribution in [0.3, 0.4) is 0 Å². The van der Waals surface area contributed by atoms with E-state index in [4.69, 9.17) is 0 Å². The zero-order valence-electron chi connectivity index (χ0n) is 13.2. The number of guanidine groups is 1. The molecular formula is C15H20N6OS. The van der Waals surface area contributed by atoms with Crippen molar-refractivity contribution < 1.29 is 4.79 Å². The summed E-state index contributed by atoms with van der Waals surface area (Å²) in [5, 5.41) is 9.84. The van der Waals surface area contributed by atoms with E-state index >= 15 is 0 Å². The van der Waals surface area contributed by atoms with Crippen LogP contribution in [0.25, 0.3) is 0 Å². The number of pyridine rings is 1. The quantitative estimate of drug-likeness (QED) is 0.549. The standard InChI is InChI=1S/C15H20N6OS/c1-3-12-8-18-14(23-12)10-20-15(16-2)19-9-13(22)21-11-5-4-6-17-7-11/h4-8H,3,9-10H2,1-2H3,(H,21,22)(H2,16,19,20). The number of amides is 1. The summed E-state index contributed by atoms with van der Waals surface area (Å²) < 4.78 is 0. The second-order valence-electron chi connectivity index (χ2n) is 4.64. The fourth-order valence-electron chi connectivity index (χ4n) is 1.78. The average molecular weight is 332 g/mol. The van der Waals surface area contributed by atoms with Crippen LogP contribution in [0.4, 0.5) is 5.69 Å². The smallest absolute Gasteiger partial charge is 0.243 e. The minimum absolute atomic E-state index is 0.118. The van der Waals surface area contributed by atoms with Crippen LogP contribution in [0, 0.1) is 0 Å². The third kappa shape index (κ3) is 5.67. The second kappa shape index (κ2) is 8.84. The van der Waals surface area contributed by atoms with Crippen molar-refractivity contribution in [2.45, 2.75) is 19.9 Å². The molecule has 2 rings (SSSR count). The van der Waals surface area contributed by atoms with Crippen LogP contribution < -0.4 is 16.0 Å². The molecule has 122 valence electrons. The Morgan fingerprint density at radius 2 is 2.22 bits per heavy atom. The minimum Gasteiger partial charge on any atom is -0.350 e. The van der Waals surface area contributed by atoms with Crippen molar-refractivity contribution >= 4 is 28.9 Å². The van der Waals surface area contributed by atoms with Gasteiger partial charge in [-0.2, -0.15) is 0 Å². The Morgan fingerprint density at radius 1 is 1.35 bits per heavy atom. The predicted molar refractivity (Wildman–Crippen MR) is 92.6 cm³/mol. The molecule has 0 aromatic carbocycles. The maximum Gasteiger partial charge on any atom is 0.243 e. The number of nitrogens with zero attached hydrogens (tertiary/aromatic N) is 3. The number of thiazole rings is 1. The van der Waals surface area contributed by atoms with E-state index in [-0.39, 0.29) is 12.5 Å². The van der Waals surface area contributed by atoms with Gasteiger partial charge in [0.05, 0.1) is 25.0 Å². The molecule has 2 heterocycles. The van der Waals surface area contributed by atoms with Gasteiger partial charge in [0.25, 0.3) is 0 Å². The molecule has 0 aliphatic carbocycles. The summed E-state index contributed by atoms with van der Waals surface area (Å²) in [5.41, 5.74) is 0.664. The number of anilines is 1. The van der Waals surface area contributed by atoms with Gasteiger partial charge in [0.15, 0.2) is 5.96 Å². The van der Waals surface area contributed by atoms with E-state index in [1.807, 2.05) is 6.20 Å². The highest BCUT2D eigenvalue weighted by Crippen LogP contribution is 2.12. The molecule has 23 heavy (non-hydrogen) atoms. The van der Waals surface area contributed by atoms with E-state index in [0.29, 0.717) is 18.2 Å². The molecule has 0 atom stereocenters. The lowest BCUT2D eigenvalue weighted by atomic mass is 10.4. The normalized spacial score (nSPS) is 11.1. The SMILES string of the molecule is CCc1cnc(CNC(=NC)NCC(=O)Nc2cccnc2)s1. The zero-order chi connectivity index (χ0) is 16.5. The van der Waals surface area contributed by atoms with Crippen LogP contribution in [-0.4, -0.2) is 35.4 Å². The van der Waals surface area contributed by atoms with Gasteiger partial charge >= 0.3 is 0 Å². The number of aryl methyl sites for hydroxylation is 1. The summed E-state index contributed by atoms with van der Waals surface area (Å²) in [6.45, 7) is 2.80. The second-order valence-corrected chi connectivity index (χ2v) is 5.84. The summed E-state index contributed by atoms with van der Waals surface area (Å²) in [7, 11) is 1.66. The van der Waals surface area contributed by atoms with Crippen LogP contribution in [0.1, 0.15) is 16.8 Å². The number of aliphatic imine (C=N–C) groups is 1. The van der Waals surface area contributed by atoms with Crippen LogP contribution in [0.2, 0.25) is 0 Å². The monoisotopic (exact) mass is 332 g/mol. The predicted octanol–water partition coefficient (Wildman–Crippen LogP) is 1.40. The molecule has 0 aliphatic heterocycles. The Morgan fingerprint density at radius 3 is 2.87 bits per heavy atom. The van der Waals surface area contributed by atoms with Gasteiger partial charge in [-0.15, -0.1) is 11.3 Å². The Hall–Kier alpha value is -2.48. The van der Waals surface area contributed by atoms with Crippen molar-refractivity contribution in [3.05, 3.63) is 40.6 Å². The van der Waals surface area contributed by atoms with Gasteiger partial charge in [0, 0.05) is 24.3 Å². The molecule has 0 saturated carbocycles. The van der Waals surface area contributed by atoms with Crippen LogP contribution in [-0.2, 0) is 17.8 Å². The number of rotatable bonds is 6. The number of hydrogen-bond donors (Lipinski definition) is 3. The summed E-state index contributed by atoms with van der Waals surface area (Å²) >= 11 is 1.67. The summed E-state index contributed by atoms with van der Waals surface area (Å²) in [6.07, 6.45) is 6.12. The number of aromatic nitrogens is 2. The number of nitrogens with one attached hydrogen (secondary N) is 3. The topological polar surface area (TPSA) is 91.3 Å². The van der Waals surface area contributed by atoms with E-state index in [1.54, 1.807) is 42.9 Å². The first-order valence-electron chi connectivity index (χ1n) is 7.29. The number of carbonyl (C=O) groups excluding carboxylic acids is 1. The molecule has 7 nitrogen and oxygen atoms in total. The molecule has 0 unspecified atom stereocenters. The first-order chi connectivity index (χ1) is 11.2. The van der Waals surface area contributed by atoms with E-state index in [9.17, 15) is 4.79 Å². The van der Waals surface area contributed by atoms with Gasteiger partial charge in [-0.3, -0.25) is 14.8 Å². The van der Waals surface area contributed by atoms with Crippen molar-refractivity contribution in [2.24, 2.45) is 4.99 Å². The van der Waals surface area contributed by atoms with Crippen molar-refractivity contribution in [1.82, 2.24) is 20.6 Å². The van der Waals surface area contributed by atoms with Crippen molar-refractivity contribution in [3.63, 3.8) is 0 Å². The van der Waals surface area contributed by atoms with Gasteiger partial charge in [0.1, 0.15) is 5.01 Å². The Balaban J connectivity index is 1.75. The van der Waals surface area contributed by atoms with E-state index in [1.165, 1.54) is 4.88 Å². The molecule has 3 N–H and O–H groups in total. The maximum atomic E-state index is 11.9. The average Bonchev–Trinajstić information content (AvgIpc) is 3.04. The zero-order valence-corrected chi connectivity index (χ0v) is 14.0. The Kier molecular flexibility index (Phi) is 6.49. The Labute approximate surface area is 139 Å². The molecule has 0 saturated heterocycles. The van der Waals surface area contributed by atoms with E-state index < -0.39 is 0 Å². The highest BCUT2D eigenvalue weighted by atomic mass is 32.1. The molecule has 0 spiro atoms. The summed E-state index contributed by atoms with van der Waals surface area (Å²) in [5.74, 6) is 0.392. The van der Waals surface area contributed by atoms with Crippen LogP contribution in [0.5, 0.6) is 0 Å². The highest BCUT2D eigenvalue weighted by molar-refractivity contribution is 7.11. The molecule has 2 aromatic rings. The Bertz CT molecular complexity index is 655. The molecule has 0 aliphatic rings. The first-order valence-corrected chi connectivity index (χ1v) is 8.11. The molecule has 1 amide bonds. The van der Waals surface area contributed by atoms with Gasteiger partial charge in [-0.05, 0) is 18.6 Å². The van der Waals surface area contributed by atoms with E-state index in [0.717, 1.165) is 11.4 Å². The summed E-state index contributed by atoms with van der Waals surface area (Å²) in [6, 6.07) is 3.55. The van der Waals surface area contributed by atoms with Gasteiger partial charge in [-0.25, -0.2) is 4.98 Å². The molecule has 2 aromatic heterocycles. The third-order valence-corrected chi connectivity index (χ3v) is 4.08. The van der Waals surface area contributed by atoms with Crippen LogP contribution in [0.15, 0.2) is 35.7 Å². The largest absolute Gasteiger partial charge is 0.350 e. The molecule has 8 heteroatoms. The molecule has 0 bridgehead atoms. The lowest BCUT2D eigenvalue weighted by Gasteiger charge is -2.11. The lowest BCUT2D eigenvalue weighted by Crippen LogP contribution is -2.41. The van der Waals surface area contributed by atoms with Gasteiger partial charge in [-0.1, -0.05) is 6.92 Å². The van der Waals surface area contributed by atoms with Gasteiger partial charge in [0.2, 0.25) is 5.91 Å². The minimum atomic E-state index is -0.163. The molecule has 0 fully saturated rings. The number of hydrogen-bond acceptors (Lipinski definition) is 5. The third-order valence-electron chi connectivity index (χ3n) is 2.94. The highest BCUT2D eigenvalue weighted by Gasteiger charge is 2.06. The molecular weight excluding hydrogens is 312 g/mol. The number of carbonyl (C=O) groups is 1. The lowest BCUT2D eigenvalue weighted by molar-refractivity contribution is -0.115. The fourth-order valence-corrected chi connectivity index (χ4v) is 2.58. The van der Waals surface area contributed by atoms with Crippen molar-refractivity contribution in [3.8, 4) is 0 Å². The van der Waals surface area contributed by atoms with Crippen molar-refractivity contribution in [1.29, 1.82) is 0 Å². The van der Waals surface area contributed by atoms with Crippen LogP contribution >= 0.6 is 11.3 Å². The summed E-state index contributed by atoms with van der Waals surface area (Å²) in [4.78, 5) is 25.5. The maximum absolute atomic E-state index is 11.9. The van der Waals surface area contributed by atoms with Crippen molar-refractivity contribution in [2.75, 3.05) is 18.9 Å². The fraction of sp³-hybridized carbons (Fsp3) is 0.333. The first kappa shape index (κ1) is 16.9. The van der Waals surface area contributed by atoms with Gasteiger partial charge < -0.3 is 16.0 Å². The molecule has 0 radical (unpaired) electrons.